The molecule has 2 rings (SSSR count). The van der Waals surface area contributed by atoms with Gasteiger partial charge in [-0.15, -0.1) is 0 Å². The van der Waals surface area contributed by atoms with Crippen molar-refractivity contribution in [3.63, 3.8) is 0 Å². The van der Waals surface area contributed by atoms with E-state index in [4.69, 9.17) is 34.8 Å². The third-order valence-electron chi connectivity index (χ3n) is 3.24. The number of benzene rings is 2. The molecular formula is C16H16Cl3NO2S. The second kappa shape index (κ2) is 8.36. The highest BCUT2D eigenvalue weighted by Gasteiger charge is 2.12. The Bertz CT molecular complexity index is 779. The molecule has 0 bridgehead atoms. The third-order valence-corrected chi connectivity index (χ3v) is 5.71. The molecule has 0 aliphatic carbocycles. The molecule has 0 saturated heterocycles. The van der Waals surface area contributed by atoms with E-state index in [2.05, 4.69) is 4.72 Å². The Labute approximate surface area is 151 Å². The predicted molar refractivity (Wildman–Crippen MR) is 96.9 cm³/mol. The summed E-state index contributed by atoms with van der Waals surface area (Å²) in [6, 6.07) is 12.3. The molecule has 0 saturated carbocycles. The van der Waals surface area contributed by atoms with Gasteiger partial charge in [-0.25, -0.2) is 13.1 Å². The van der Waals surface area contributed by atoms with Gasteiger partial charge in [-0.3, -0.25) is 0 Å². The predicted octanol–water partition coefficient (Wildman–Crippen LogP) is 4.70. The first-order valence-corrected chi connectivity index (χ1v) is 9.81. The fourth-order valence-electron chi connectivity index (χ4n) is 2.11. The number of aryl methyl sites for hydroxylation is 1. The number of halogens is 3. The fourth-order valence-corrected chi connectivity index (χ4v) is 3.83. The maximum atomic E-state index is 12.1. The lowest BCUT2D eigenvalue weighted by molar-refractivity contribution is 0.578. The summed E-state index contributed by atoms with van der Waals surface area (Å²) in [5.41, 5.74) is 1.61. The molecule has 23 heavy (non-hydrogen) atoms. The lowest BCUT2D eigenvalue weighted by Crippen LogP contribution is -2.26. The average Bonchev–Trinajstić information content (AvgIpc) is 2.49. The van der Waals surface area contributed by atoms with E-state index in [9.17, 15) is 8.42 Å². The Hall–Kier alpha value is -0.780. The second-order valence-corrected chi connectivity index (χ2v) is 8.13. The number of hydrogen-bond acceptors (Lipinski definition) is 2. The molecule has 1 N–H and O–H groups in total. The highest BCUT2D eigenvalue weighted by atomic mass is 35.5. The van der Waals surface area contributed by atoms with Crippen LogP contribution in [0, 0.1) is 0 Å². The summed E-state index contributed by atoms with van der Waals surface area (Å²) in [5.74, 6) is -0.129. The first-order valence-electron chi connectivity index (χ1n) is 7.02. The number of rotatable bonds is 7. The van der Waals surface area contributed by atoms with Gasteiger partial charge in [-0.05, 0) is 42.2 Å². The minimum Gasteiger partial charge on any atom is -0.215 e. The normalized spacial score (nSPS) is 11.6. The van der Waals surface area contributed by atoms with Gasteiger partial charge in [0.25, 0.3) is 0 Å². The number of nitrogens with one attached hydrogen (secondary N) is 1. The van der Waals surface area contributed by atoms with Gasteiger partial charge >= 0.3 is 0 Å². The summed E-state index contributed by atoms with van der Waals surface area (Å²) >= 11 is 17.8. The van der Waals surface area contributed by atoms with Gasteiger partial charge in [0.05, 0.1) is 15.8 Å². The maximum absolute atomic E-state index is 12.1. The largest absolute Gasteiger partial charge is 0.215 e. The van der Waals surface area contributed by atoms with Crippen molar-refractivity contribution in [3.8, 4) is 0 Å². The minimum atomic E-state index is -3.41. The van der Waals surface area contributed by atoms with E-state index in [0.717, 1.165) is 12.0 Å². The van der Waals surface area contributed by atoms with Crippen LogP contribution in [-0.2, 0) is 22.2 Å². The van der Waals surface area contributed by atoms with Crippen molar-refractivity contribution in [3.05, 3.63) is 68.7 Å². The first kappa shape index (κ1) is 18.6. The van der Waals surface area contributed by atoms with E-state index in [-0.39, 0.29) is 5.75 Å². The standard InChI is InChI=1S/C16H16Cl3NO2S/c17-14-6-2-1-4-13(14)5-3-9-20-23(21,22)11-12-7-8-15(18)16(19)10-12/h1-2,4,6-8,10,20H,3,5,9,11H2. The van der Waals surface area contributed by atoms with Crippen LogP contribution in [0.1, 0.15) is 17.5 Å². The van der Waals surface area contributed by atoms with E-state index in [1.165, 1.54) is 0 Å². The fraction of sp³-hybridized carbons (Fsp3) is 0.250. The van der Waals surface area contributed by atoms with Gasteiger partial charge in [-0.2, -0.15) is 0 Å². The molecule has 0 radical (unpaired) electrons. The third kappa shape index (κ3) is 5.98. The Morgan fingerprint density at radius 1 is 0.913 bits per heavy atom. The van der Waals surface area contributed by atoms with Crippen molar-refractivity contribution in [2.45, 2.75) is 18.6 Å². The van der Waals surface area contributed by atoms with Crippen LogP contribution in [0.2, 0.25) is 15.1 Å². The number of sulfonamides is 1. The van der Waals surface area contributed by atoms with Crippen LogP contribution < -0.4 is 4.72 Å². The second-order valence-electron chi connectivity index (χ2n) is 5.10. The van der Waals surface area contributed by atoms with Crippen molar-refractivity contribution >= 4 is 44.8 Å². The average molecular weight is 393 g/mol. The lowest BCUT2D eigenvalue weighted by atomic mass is 10.1. The van der Waals surface area contributed by atoms with Crippen molar-refractivity contribution in [2.24, 2.45) is 0 Å². The quantitative estimate of drug-likeness (QED) is 0.694. The monoisotopic (exact) mass is 391 g/mol. The molecule has 0 spiro atoms. The highest BCUT2D eigenvalue weighted by molar-refractivity contribution is 7.88. The zero-order valence-electron chi connectivity index (χ0n) is 12.2. The summed E-state index contributed by atoms with van der Waals surface area (Å²) in [6.45, 7) is 0.356. The van der Waals surface area contributed by atoms with Crippen molar-refractivity contribution in [1.29, 1.82) is 0 Å². The molecule has 7 heteroatoms. The van der Waals surface area contributed by atoms with Crippen LogP contribution in [0.15, 0.2) is 42.5 Å². The zero-order chi connectivity index (χ0) is 16.9. The van der Waals surface area contributed by atoms with Crippen LogP contribution in [0.4, 0.5) is 0 Å². The van der Waals surface area contributed by atoms with Crippen molar-refractivity contribution in [2.75, 3.05) is 6.54 Å². The molecule has 0 aliphatic heterocycles. The molecule has 3 nitrogen and oxygen atoms in total. The van der Waals surface area contributed by atoms with E-state index < -0.39 is 10.0 Å². The molecule has 0 heterocycles. The highest BCUT2D eigenvalue weighted by Crippen LogP contribution is 2.23. The Morgan fingerprint density at radius 2 is 1.65 bits per heavy atom. The molecule has 0 aliphatic rings. The van der Waals surface area contributed by atoms with Gasteiger partial charge < -0.3 is 0 Å². The summed E-state index contributed by atoms with van der Waals surface area (Å²) < 4.78 is 26.7. The van der Waals surface area contributed by atoms with Gasteiger partial charge in [0, 0.05) is 11.6 Å². The lowest BCUT2D eigenvalue weighted by Gasteiger charge is -2.08. The molecule has 0 amide bonds. The van der Waals surface area contributed by atoms with E-state index in [0.29, 0.717) is 33.6 Å². The van der Waals surface area contributed by atoms with Gasteiger partial charge in [0.1, 0.15) is 0 Å². The van der Waals surface area contributed by atoms with E-state index in [1.54, 1.807) is 18.2 Å². The van der Waals surface area contributed by atoms with E-state index >= 15 is 0 Å². The molecule has 0 atom stereocenters. The van der Waals surface area contributed by atoms with Crippen LogP contribution in [0.25, 0.3) is 0 Å². The molecular weight excluding hydrogens is 377 g/mol. The smallest absolute Gasteiger partial charge is 0.215 e. The summed E-state index contributed by atoms with van der Waals surface area (Å²) in [7, 11) is -3.41. The van der Waals surface area contributed by atoms with Crippen molar-refractivity contribution < 1.29 is 8.42 Å². The molecule has 2 aromatic rings. The molecule has 2 aromatic carbocycles. The first-order chi connectivity index (χ1) is 10.9. The van der Waals surface area contributed by atoms with Crippen LogP contribution in [0.3, 0.4) is 0 Å². The molecule has 124 valence electrons. The Morgan fingerprint density at radius 3 is 2.35 bits per heavy atom. The van der Waals surface area contributed by atoms with Gasteiger partial charge in [0.15, 0.2) is 0 Å². The van der Waals surface area contributed by atoms with Crippen molar-refractivity contribution in [1.82, 2.24) is 4.72 Å². The maximum Gasteiger partial charge on any atom is 0.215 e. The number of hydrogen-bond donors (Lipinski definition) is 1. The van der Waals surface area contributed by atoms with E-state index in [1.807, 2.05) is 24.3 Å². The molecule has 0 unspecified atom stereocenters. The SMILES string of the molecule is O=S(=O)(Cc1ccc(Cl)c(Cl)c1)NCCCc1ccccc1Cl. The van der Waals surface area contributed by atoms with Crippen LogP contribution >= 0.6 is 34.8 Å². The molecule has 0 aromatic heterocycles. The zero-order valence-corrected chi connectivity index (χ0v) is 15.3. The Balaban J connectivity index is 1.84. The Kier molecular flexibility index (Phi) is 6.74. The van der Waals surface area contributed by atoms with Crippen LogP contribution in [0.5, 0.6) is 0 Å². The summed E-state index contributed by atoms with van der Waals surface area (Å²) in [6.07, 6.45) is 1.39. The summed E-state index contributed by atoms with van der Waals surface area (Å²) in [4.78, 5) is 0. The molecule has 0 fully saturated rings. The van der Waals surface area contributed by atoms with Crippen LogP contribution in [-0.4, -0.2) is 15.0 Å². The topological polar surface area (TPSA) is 46.2 Å². The minimum absolute atomic E-state index is 0.129. The van der Waals surface area contributed by atoms with Gasteiger partial charge in [-0.1, -0.05) is 59.1 Å². The van der Waals surface area contributed by atoms with Gasteiger partial charge in [0.2, 0.25) is 10.0 Å². The summed E-state index contributed by atoms with van der Waals surface area (Å²) in [5, 5.41) is 1.45.